The number of rotatable bonds is 9. The summed E-state index contributed by atoms with van der Waals surface area (Å²) < 4.78 is 0. The van der Waals surface area contributed by atoms with Crippen molar-refractivity contribution in [3.05, 3.63) is 35.9 Å². The lowest BCUT2D eigenvalue weighted by atomic mass is 9.84. The van der Waals surface area contributed by atoms with Crippen molar-refractivity contribution in [3.63, 3.8) is 0 Å². The molecule has 0 heterocycles. The van der Waals surface area contributed by atoms with Gasteiger partial charge in [0, 0.05) is 18.0 Å². The average molecular weight is 261 g/mol. The molecule has 1 unspecified atom stereocenters. The first kappa shape index (κ1) is 16.2. The van der Waals surface area contributed by atoms with Gasteiger partial charge < -0.3 is 5.32 Å². The molecule has 1 nitrogen and oxygen atoms in total. The van der Waals surface area contributed by atoms with Gasteiger partial charge >= 0.3 is 0 Å². The Bertz CT molecular complexity index is 329. The first-order valence-corrected chi connectivity index (χ1v) is 7.85. The third-order valence-corrected chi connectivity index (χ3v) is 3.94. The zero-order chi connectivity index (χ0) is 14.1. The van der Waals surface area contributed by atoms with Crippen LogP contribution in [0.4, 0.5) is 0 Å². The highest BCUT2D eigenvalue weighted by Gasteiger charge is 2.20. The van der Waals surface area contributed by atoms with Crippen LogP contribution in [0.3, 0.4) is 0 Å². The molecule has 1 heteroatoms. The smallest absolute Gasteiger partial charge is 0.00456 e. The Kier molecular flexibility index (Phi) is 7.15. The van der Waals surface area contributed by atoms with E-state index in [2.05, 4.69) is 63.3 Å². The van der Waals surface area contributed by atoms with Crippen LogP contribution in [0.5, 0.6) is 0 Å². The maximum atomic E-state index is 3.70. The van der Waals surface area contributed by atoms with Gasteiger partial charge in [0.15, 0.2) is 0 Å². The van der Waals surface area contributed by atoms with Gasteiger partial charge in [0.1, 0.15) is 0 Å². The Labute approximate surface area is 119 Å². The van der Waals surface area contributed by atoms with E-state index in [1.807, 2.05) is 0 Å². The van der Waals surface area contributed by atoms with E-state index < -0.39 is 0 Å². The molecule has 0 aromatic heterocycles. The van der Waals surface area contributed by atoms with Crippen molar-refractivity contribution in [3.8, 4) is 0 Å². The zero-order valence-electron chi connectivity index (χ0n) is 13.2. The minimum absolute atomic E-state index is 0.207. The number of nitrogens with one attached hydrogen (secondary N) is 1. The van der Waals surface area contributed by atoms with Crippen molar-refractivity contribution < 1.29 is 0 Å². The normalized spacial score (nSPS) is 13.5. The SMILES string of the molecule is CCCCCCC(C)NCC(C)(C)c1ccccc1. The highest BCUT2D eigenvalue weighted by molar-refractivity contribution is 5.23. The summed E-state index contributed by atoms with van der Waals surface area (Å²) in [7, 11) is 0. The van der Waals surface area contributed by atoms with Crippen molar-refractivity contribution in [2.24, 2.45) is 0 Å². The van der Waals surface area contributed by atoms with E-state index in [0.29, 0.717) is 6.04 Å². The minimum Gasteiger partial charge on any atom is -0.313 e. The molecule has 0 aliphatic rings. The van der Waals surface area contributed by atoms with Crippen LogP contribution in [-0.2, 0) is 5.41 Å². The van der Waals surface area contributed by atoms with Crippen LogP contribution < -0.4 is 5.32 Å². The molecule has 1 N–H and O–H groups in total. The van der Waals surface area contributed by atoms with E-state index in [0.717, 1.165) is 6.54 Å². The summed E-state index contributed by atoms with van der Waals surface area (Å²) in [6, 6.07) is 11.4. The third-order valence-electron chi connectivity index (χ3n) is 3.94. The molecular formula is C18H31N. The fourth-order valence-electron chi connectivity index (χ4n) is 2.40. The highest BCUT2D eigenvalue weighted by atomic mass is 14.9. The standard InChI is InChI=1S/C18H31N/c1-5-6-7-9-12-16(2)19-15-18(3,4)17-13-10-8-11-14-17/h8,10-11,13-14,16,19H,5-7,9,12,15H2,1-4H3. The number of benzene rings is 1. The summed E-state index contributed by atoms with van der Waals surface area (Å²) in [5, 5.41) is 3.70. The third kappa shape index (κ3) is 6.24. The Morgan fingerprint density at radius 2 is 1.74 bits per heavy atom. The summed E-state index contributed by atoms with van der Waals surface area (Å²) >= 11 is 0. The van der Waals surface area contributed by atoms with Gasteiger partial charge in [-0.25, -0.2) is 0 Å². The number of hydrogen-bond donors (Lipinski definition) is 1. The van der Waals surface area contributed by atoms with Gasteiger partial charge in [-0.05, 0) is 18.9 Å². The molecule has 0 radical (unpaired) electrons. The Morgan fingerprint density at radius 3 is 2.37 bits per heavy atom. The van der Waals surface area contributed by atoms with Crippen molar-refractivity contribution in [2.75, 3.05) is 6.54 Å². The molecule has 0 amide bonds. The molecule has 19 heavy (non-hydrogen) atoms. The summed E-state index contributed by atoms with van der Waals surface area (Å²) in [6.45, 7) is 10.3. The summed E-state index contributed by atoms with van der Waals surface area (Å²) in [5.41, 5.74) is 1.62. The molecule has 0 aliphatic carbocycles. The van der Waals surface area contributed by atoms with Gasteiger partial charge in [0.2, 0.25) is 0 Å². The van der Waals surface area contributed by atoms with E-state index >= 15 is 0 Å². The van der Waals surface area contributed by atoms with Crippen molar-refractivity contribution >= 4 is 0 Å². The largest absolute Gasteiger partial charge is 0.313 e. The molecule has 0 spiro atoms. The van der Waals surface area contributed by atoms with Gasteiger partial charge in [0.25, 0.3) is 0 Å². The lowest BCUT2D eigenvalue weighted by Crippen LogP contribution is -2.37. The molecule has 0 aliphatic heterocycles. The maximum Gasteiger partial charge on any atom is 0.00456 e. The topological polar surface area (TPSA) is 12.0 Å². The zero-order valence-corrected chi connectivity index (χ0v) is 13.2. The minimum atomic E-state index is 0.207. The van der Waals surface area contributed by atoms with Gasteiger partial charge in [0.05, 0.1) is 0 Å². The van der Waals surface area contributed by atoms with Crippen LogP contribution in [0.25, 0.3) is 0 Å². The maximum absolute atomic E-state index is 3.70. The quantitative estimate of drug-likeness (QED) is 0.623. The second-order valence-corrected chi connectivity index (χ2v) is 6.38. The molecule has 1 rings (SSSR count). The molecule has 108 valence electrons. The van der Waals surface area contributed by atoms with Crippen LogP contribution in [0.2, 0.25) is 0 Å². The lowest BCUT2D eigenvalue weighted by molar-refractivity contribution is 0.408. The first-order valence-electron chi connectivity index (χ1n) is 7.85. The first-order chi connectivity index (χ1) is 9.06. The van der Waals surface area contributed by atoms with Gasteiger partial charge in [-0.3, -0.25) is 0 Å². The second kappa shape index (κ2) is 8.37. The summed E-state index contributed by atoms with van der Waals surface area (Å²) in [4.78, 5) is 0. The number of unbranched alkanes of at least 4 members (excludes halogenated alkanes) is 3. The van der Waals surface area contributed by atoms with Gasteiger partial charge in [-0.2, -0.15) is 0 Å². The predicted molar refractivity (Wildman–Crippen MR) is 85.7 cm³/mol. The molecule has 0 saturated carbocycles. The van der Waals surface area contributed by atoms with Crippen LogP contribution in [-0.4, -0.2) is 12.6 Å². The average Bonchev–Trinajstić information content (AvgIpc) is 2.42. The second-order valence-electron chi connectivity index (χ2n) is 6.38. The number of hydrogen-bond acceptors (Lipinski definition) is 1. The Balaban J connectivity index is 2.30. The van der Waals surface area contributed by atoms with Crippen LogP contribution in [0.1, 0.15) is 65.4 Å². The monoisotopic (exact) mass is 261 g/mol. The van der Waals surface area contributed by atoms with Crippen molar-refractivity contribution in [2.45, 2.75) is 71.3 Å². The van der Waals surface area contributed by atoms with Gasteiger partial charge in [-0.1, -0.05) is 76.8 Å². The molecule has 1 aromatic carbocycles. The highest BCUT2D eigenvalue weighted by Crippen LogP contribution is 2.22. The molecule has 1 aromatic rings. The van der Waals surface area contributed by atoms with Crippen LogP contribution in [0, 0.1) is 0 Å². The molecule has 0 saturated heterocycles. The molecular weight excluding hydrogens is 230 g/mol. The van der Waals surface area contributed by atoms with E-state index in [1.165, 1.54) is 37.7 Å². The molecule has 0 bridgehead atoms. The van der Waals surface area contributed by atoms with Crippen molar-refractivity contribution in [1.29, 1.82) is 0 Å². The van der Waals surface area contributed by atoms with E-state index in [9.17, 15) is 0 Å². The molecule has 1 atom stereocenters. The fraction of sp³-hybridized carbons (Fsp3) is 0.667. The van der Waals surface area contributed by atoms with Crippen LogP contribution in [0.15, 0.2) is 30.3 Å². The van der Waals surface area contributed by atoms with Gasteiger partial charge in [-0.15, -0.1) is 0 Å². The lowest BCUT2D eigenvalue weighted by Gasteiger charge is -2.28. The molecule has 0 fully saturated rings. The predicted octanol–water partition coefficient (Wildman–Crippen LogP) is 4.91. The Hall–Kier alpha value is -0.820. The fourth-order valence-corrected chi connectivity index (χ4v) is 2.40. The van der Waals surface area contributed by atoms with Crippen molar-refractivity contribution in [1.82, 2.24) is 5.32 Å². The summed E-state index contributed by atoms with van der Waals surface area (Å²) in [5.74, 6) is 0. The van der Waals surface area contributed by atoms with E-state index in [1.54, 1.807) is 0 Å². The van der Waals surface area contributed by atoms with E-state index in [4.69, 9.17) is 0 Å². The Morgan fingerprint density at radius 1 is 1.05 bits per heavy atom. The van der Waals surface area contributed by atoms with Crippen LogP contribution >= 0.6 is 0 Å². The summed E-state index contributed by atoms with van der Waals surface area (Å²) in [6.07, 6.45) is 6.73. The van der Waals surface area contributed by atoms with E-state index in [-0.39, 0.29) is 5.41 Å².